The maximum Gasteiger partial charge on any atom is 0.410 e. The molecule has 0 aliphatic carbocycles. The molecule has 1 rings (SSSR count). The quantitative estimate of drug-likeness (QED) is 0.752. The maximum absolute atomic E-state index is 12.3. The molecular formula is C19H28N2O5. The van der Waals surface area contributed by atoms with Gasteiger partial charge in [-0.15, -0.1) is 0 Å². The molecule has 1 atom stereocenters. The van der Waals surface area contributed by atoms with Crippen LogP contribution in [0.25, 0.3) is 0 Å². The zero-order valence-corrected chi connectivity index (χ0v) is 16.0. The monoisotopic (exact) mass is 364 g/mol. The second-order valence-electron chi connectivity index (χ2n) is 7.18. The molecule has 0 spiro atoms. The zero-order valence-electron chi connectivity index (χ0n) is 16.0. The molecule has 0 saturated carbocycles. The number of carbonyl (C=O) groups excluding carboxylic acids is 3. The molecule has 2 amide bonds. The normalized spacial score (nSPS) is 12.2. The van der Waals surface area contributed by atoms with Crippen LogP contribution in [0.3, 0.4) is 0 Å². The van der Waals surface area contributed by atoms with Crippen LogP contribution < -0.4 is 5.32 Å². The first kappa shape index (κ1) is 21.5. The van der Waals surface area contributed by atoms with Gasteiger partial charge in [-0.05, 0) is 40.2 Å². The lowest BCUT2D eigenvalue weighted by atomic mass is 10.2. The highest BCUT2D eigenvalue weighted by Crippen LogP contribution is 2.12. The third-order valence-corrected chi connectivity index (χ3v) is 3.33. The molecule has 144 valence electrons. The number of nitrogens with one attached hydrogen (secondary N) is 1. The Hall–Kier alpha value is -2.57. The lowest BCUT2D eigenvalue weighted by Crippen LogP contribution is -2.50. The molecule has 1 aromatic rings. The highest BCUT2D eigenvalue weighted by atomic mass is 16.6. The van der Waals surface area contributed by atoms with Crippen LogP contribution in [0.5, 0.6) is 0 Å². The topological polar surface area (TPSA) is 84.9 Å². The first-order valence-corrected chi connectivity index (χ1v) is 8.54. The second kappa shape index (κ2) is 9.79. The molecular weight excluding hydrogens is 336 g/mol. The van der Waals surface area contributed by atoms with Crippen molar-refractivity contribution in [3.8, 4) is 0 Å². The second-order valence-corrected chi connectivity index (χ2v) is 7.18. The maximum atomic E-state index is 12.3. The molecule has 0 aliphatic rings. The SMILES string of the molecule is CC(C)N(C[C@@H](C=O)NC(=O)OCc1ccccc1)C(=O)OC(C)(C)C. The van der Waals surface area contributed by atoms with Gasteiger partial charge in [0.05, 0.1) is 6.54 Å². The van der Waals surface area contributed by atoms with Gasteiger partial charge in [-0.25, -0.2) is 9.59 Å². The van der Waals surface area contributed by atoms with E-state index in [1.807, 2.05) is 30.3 Å². The highest BCUT2D eigenvalue weighted by Gasteiger charge is 2.27. The summed E-state index contributed by atoms with van der Waals surface area (Å²) in [4.78, 5) is 36.9. The molecule has 1 aromatic carbocycles. The summed E-state index contributed by atoms with van der Waals surface area (Å²) in [5.74, 6) is 0. The van der Waals surface area contributed by atoms with Gasteiger partial charge in [-0.3, -0.25) is 0 Å². The van der Waals surface area contributed by atoms with E-state index in [4.69, 9.17) is 9.47 Å². The average molecular weight is 364 g/mol. The first-order valence-electron chi connectivity index (χ1n) is 8.54. The fraction of sp³-hybridized carbons (Fsp3) is 0.526. The number of aldehydes is 1. The van der Waals surface area contributed by atoms with Crippen molar-refractivity contribution in [2.45, 2.75) is 58.9 Å². The van der Waals surface area contributed by atoms with Gasteiger partial charge in [0.25, 0.3) is 0 Å². The Bertz CT molecular complexity index is 596. The molecule has 0 saturated heterocycles. The molecule has 0 bridgehead atoms. The van der Waals surface area contributed by atoms with Gasteiger partial charge in [0, 0.05) is 6.04 Å². The first-order chi connectivity index (χ1) is 12.1. The number of rotatable bonds is 7. The third kappa shape index (κ3) is 8.00. The summed E-state index contributed by atoms with van der Waals surface area (Å²) in [5, 5.41) is 2.46. The summed E-state index contributed by atoms with van der Waals surface area (Å²) < 4.78 is 10.4. The largest absolute Gasteiger partial charge is 0.445 e. The van der Waals surface area contributed by atoms with E-state index >= 15 is 0 Å². The van der Waals surface area contributed by atoms with Crippen molar-refractivity contribution in [2.24, 2.45) is 0 Å². The Morgan fingerprint density at radius 3 is 2.31 bits per heavy atom. The van der Waals surface area contributed by atoms with Gasteiger partial charge in [0.15, 0.2) is 0 Å². The smallest absolute Gasteiger partial charge is 0.410 e. The number of ether oxygens (including phenoxy) is 2. The van der Waals surface area contributed by atoms with Crippen LogP contribution in [0, 0.1) is 0 Å². The number of amides is 2. The number of benzene rings is 1. The van der Waals surface area contributed by atoms with E-state index in [0.29, 0.717) is 6.29 Å². The van der Waals surface area contributed by atoms with Gasteiger partial charge in [-0.2, -0.15) is 0 Å². The van der Waals surface area contributed by atoms with Crippen LogP contribution in [-0.4, -0.2) is 47.6 Å². The van der Waals surface area contributed by atoms with Gasteiger partial charge in [0.2, 0.25) is 0 Å². The molecule has 0 aliphatic heterocycles. The molecule has 0 aromatic heterocycles. The predicted octanol–water partition coefficient (Wildman–Crippen LogP) is 3.13. The third-order valence-electron chi connectivity index (χ3n) is 3.33. The van der Waals surface area contributed by atoms with E-state index in [2.05, 4.69) is 5.32 Å². The summed E-state index contributed by atoms with van der Waals surface area (Å²) in [6.07, 6.45) is -0.693. The van der Waals surface area contributed by atoms with Crippen molar-refractivity contribution >= 4 is 18.5 Å². The number of nitrogens with zero attached hydrogens (tertiary/aromatic N) is 1. The van der Waals surface area contributed by atoms with Crippen molar-refractivity contribution in [3.63, 3.8) is 0 Å². The Labute approximate surface area is 154 Å². The molecule has 0 radical (unpaired) electrons. The van der Waals surface area contributed by atoms with E-state index in [1.165, 1.54) is 4.90 Å². The number of hydrogen-bond acceptors (Lipinski definition) is 5. The highest BCUT2D eigenvalue weighted by molar-refractivity contribution is 5.74. The molecule has 0 unspecified atom stereocenters. The van der Waals surface area contributed by atoms with E-state index in [9.17, 15) is 14.4 Å². The van der Waals surface area contributed by atoms with Crippen LogP contribution in [0.4, 0.5) is 9.59 Å². The van der Waals surface area contributed by atoms with Gasteiger partial charge < -0.3 is 24.5 Å². The fourth-order valence-corrected chi connectivity index (χ4v) is 2.07. The molecule has 0 fully saturated rings. The molecule has 1 N–H and O–H groups in total. The summed E-state index contributed by atoms with van der Waals surface area (Å²) in [5.41, 5.74) is 0.186. The van der Waals surface area contributed by atoms with Crippen LogP contribution in [0.1, 0.15) is 40.2 Å². The summed E-state index contributed by atoms with van der Waals surface area (Å²) in [6, 6.07) is 8.10. The number of hydrogen-bond donors (Lipinski definition) is 1. The Morgan fingerprint density at radius 1 is 1.19 bits per heavy atom. The van der Waals surface area contributed by atoms with Gasteiger partial charge >= 0.3 is 12.2 Å². The minimum Gasteiger partial charge on any atom is -0.445 e. The lowest BCUT2D eigenvalue weighted by molar-refractivity contribution is -0.110. The van der Waals surface area contributed by atoms with Crippen molar-refractivity contribution in [1.29, 1.82) is 0 Å². The average Bonchev–Trinajstić information content (AvgIpc) is 2.55. The molecule has 7 nitrogen and oxygen atoms in total. The van der Waals surface area contributed by atoms with Gasteiger partial charge in [-0.1, -0.05) is 30.3 Å². The van der Waals surface area contributed by atoms with E-state index < -0.39 is 23.8 Å². The Morgan fingerprint density at radius 2 is 1.81 bits per heavy atom. The molecule has 26 heavy (non-hydrogen) atoms. The predicted molar refractivity (Wildman–Crippen MR) is 97.7 cm³/mol. The molecule has 7 heteroatoms. The summed E-state index contributed by atoms with van der Waals surface area (Å²) in [6.45, 7) is 8.99. The lowest BCUT2D eigenvalue weighted by Gasteiger charge is -2.31. The number of carbonyl (C=O) groups is 3. The fourth-order valence-electron chi connectivity index (χ4n) is 2.07. The van der Waals surface area contributed by atoms with Crippen LogP contribution >= 0.6 is 0 Å². The summed E-state index contributed by atoms with van der Waals surface area (Å²) >= 11 is 0. The minimum atomic E-state index is -0.895. The Balaban J connectivity index is 2.60. The van der Waals surface area contributed by atoms with Crippen LogP contribution in [-0.2, 0) is 20.9 Å². The van der Waals surface area contributed by atoms with Crippen LogP contribution in [0.15, 0.2) is 30.3 Å². The van der Waals surface area contributed by atoms with Gasteiger partial charge in [0.1, 0.15) is 24.5 Å². The number of alkyl carbamates (subject to hydrolysis) is 1. The zero-order chi connectivity index (χ0) is 19.7. The van der Waals surface area contributed by atoms with Crippen molar-refractivity contribution in [1.82, 2.24) is 10.2 Å². The standard InChI is InChI=1S/C19H28N2O5/c1-14(2)21(18(24)26-19(3,4)5)11-16(12-22)20-17(23)25-13-15-9-7-6-8-10-15/h6-10,12,14,16H,11,13H2,1-5H3,(H,20,23)/t16-/m0/s1. The summed E-state index contributed by atoms with van der Waals surface area (Å²) in [7, 11) is 0. The van der Waals surface area contributed by atoms with Crippen molar-refractivity contribution < 1.29 is 23.9 Å². The van der Waals surface area contributed by atoms with E-state index in [1.54, 1.807) is 34.6 Å². The van der Waals surface area contributed by atoms with Crippen LogP contribution in [0.2, 0.25) is 0 Å². The van der Waals surface area contributed by atoms with E-state index in [0.717, 1.165) is 5.56 Å². The van der Waals surface area contributed by atoms with Crippen molar-refractivity contribution in [3.05, 3.63) is 35.9 Å². The van der Waals surface area contributed by atoms with Crippen molar-refractivity contribution in [2.75, 3.05) is 6.54 Å². The molecule has 0 heterocycles. The minimum absolute atomic E-state index is 0.00346. The van der Waals surface area contributed by atoms with E-state index in [-0.39, 0.29) is 19.2 Å². The Kier molecular flexibility index (Phi) is 8.09.